The molecule has 8 heteroatoms. The Morgan fingerprint density at radius 2 is 1.65 bits per heavy atom. The van der Waals surface area contributed by atoms with E-state index in [2.05, 4.69) is 5.32 Å². The van der Waals surface area contributed by atoms with E-state index in [1.807, 2.05) is 38.1 Å². The van der Waals surface area contributed by atoms with Crippen LogP contribution in [0.1, 0.15) is 28.4 Å². The molecule has 0 saturated carbocycles. The Hall–Kier alpha value is -3.36. The Labute approximate surface area is 181 Å². The van der Waals surface area contributed by atoms with Crippen molar-refractivity contribution < 1.29 is 22.7 Å². The summed E-state index contributed by atoms with van der Waals surface area (Å²) in [6.45, 7) is 4.61. The molecule has 0 aliphatic carbocycles. The molecular weight excluding hydrogens is 416 g/mol. The van der Waals surface area contributed by atoms with Gasteiger partial charge in [0.2, 0.25) is 10.0 Å². The van der Waals surface area contributed by atoms with Gasteiger partial charge in [0.1, 0.15) is 18.1 Å². The first kappa shape index (κ1) is 22.3. The van der Waals surface area contributed by atoms with Crippen molar-refractivity contribution in [3.63, 3.8) is 0 Å². The Balaban J connectivity index is 1.76. The highest BCUT2D eigenvalue weighted by molar-refractivity contribution is 7.89. The summed E-state index contributed by atoms with van der Waals surface area (Å²) in [6.07, 6.45) is 0. The SMILES string of the molecule is CCOc1ccc(C(=O)Nc2ccc(S(N)(=O)=O)cc2)cc1COc1ccc(C)cc1. The summed E-state index contributed by atoms with van der Waals surface area (Å²) >= 11 is 0. The normalized spacial score (nSPS) is 11.1. The number of rotatable bonds is 8. The Bertz CT molecular complexity index is 1160. The summed E-state index contributed by atoms with van der Waals surface area (Å²) < 4.78 is 34.2. The number of carbonyl (C=O) groups is 1. The molecule has 0 bridgehead atoms. The van der Waals surface area contributed by atoms with Gasteiger partial charge in [-0.2, -0.15) is 0 Å². The van der Waals surface area contributed by atoms with E-state index in [0.717, 1.165) is 16.9 Å². The molecule has 1 amide bonds. The minimum Gasteiger partial charge on any atom is -0.493 e. The monoisotopic (exact) mass is 440 g/mol. The highest BCUT2D eigenvalue weighted by atomic mass is 32.2. The van der Waals surface area contributed by atoms with Gasteiger partial charge in [0.25, 0.3) is 5.91 Å². The number of aryl methyl sites for hydroxylation is 1. The highest BCUT2D eigenvalue weighted by Gasteiger charge is 2.13. The molecule has 0 heterocycles. The van der Waals surface area contributed by atoms with Crippen LogP contribution in [0, 0.1) is 6.92 Å². The third-order valence-electron chi connectivity index (χ3n) is 4.48. The van der Waals surface area contributed by atoms with Crippen LogP contribution in [0.3, 0.4) is 0 Å². The zero-order valence-electron chi connectivity index (χ0n) is 17.3. The zero-order chi connectivity index (χ0) is 22.4. The number of ether oxygens (including phenoxy) is 2. The zero-order valence-corrected chi connectivity index (χ0v) is 18.1. The smallest absolute Gasteiger partial charge is 0.255 e. The molecular formula is C23H24N2O5S. The molecule has 162 valence electrons. The molecule has 0 atom stereocenters. The van der Waals surface area contributed by atoms with Crippen LogP contribution in [0.15, 0.2) is 71.6 Å². The summed E-state index contributed by atoms with van der Waals surface area (Å²) in [7, 11) is -3.79. The maximum absolute atomic E-state index is 12.7. The molecule has 3 aromatic rings. The van der Waals surface area contributed by atoms with Crippen molar-refractivity contribution in [3.8, 4) is 11.5 Å². The topological polar surface area (TPSA) is 108 Å². The van der Waals surface area contributed by atoms with E-state index >= 15 is 0 Å². The second-order valence-corrected chi connectivity index (χ2v) is 8.44. The van der Waals surface area contributed by atoms with Gasteiger partial charge in [-0.25, -0.2) is 13.6 Å². The predicted octanol–water partition coefficient (Wildman–Crippen LogP) is 3.87. The molecule has 0 unspecified atom stereocenters. The number of nitrogens with one attached hydrogen (secondary N) is 1. The lowest BCUT2D eigenvalue weighted by atomic mass is 10.1. The van der Waals surface area contributed by atoms with E-state index in [4.69, 9.17) is 14.6 Å². The Morgan fingerprint density at radius 3 is 2.26 bits per heavy atom. The van der Waals surface area contributed by atoms with Crippen molar-refractivity contribution in [2.24, 2.45) is 5.14 Å². The van der Waals surface area contributed by atoms with Gasteiger partial charge in [-0.1, -0.05) is 17.7 Å². The van der Waals surface area contributed by atoms with Gasteiger partial charge in [0.05, 0.1) is 11.5 Å². The second kappa shape index (κ2) is 9.63. The van der Waals surface area contributed by atoms with Crippen LogP contribution >= 0.6 is 0 Å². The molecule has 3 aromatic carbocycles. The lowest BCUT2D eigenvalue weighted by Gasteiger charge is -2.14. The summed E-state index contributed by atoms with van der Waals surface area (Å²) in [5.41, 5.74) is 2.74. The van der Waals surface area contributed by atoms with E-state index in [-0.39, 0.29) is 17.4 Å². The van der Waals surface area contributed by atoms with Crippen LogP contribution in [0.25, 0.3) is 0 Å². The first-order chi connectivity index (χ1) is 14.8. The van der Waals surface area contributed by atoms with Crippen LogP contribution in [0.4, 0.5) is 5.69 Å². The van der Waals surface area contributed by atoms with Gasteiger partial charge in [-0.05, 0) is 68.4 Å². The average molecular weight is 441 g/mol. The molecule has 3 rings (SSSR count). The fourth-order valence-electron chi connectivity index (χ4n) is 2.86. The van der Waals surface area contributed by atoms with Gasteiger partial charge >= 0.3 is 0 Å². The molecule has 0 aliphatic rings. The minimum absolute atomic E-state index is 0.0258. The van der Waals surface area contributed by atoms with Crippen molar-refractivity contribution in [2.75, 3.05) is 11.9 Å². The number of nitrogens with two attached hydrogens (primary N) is 1. The number of anilines is 1. The highest BCUT2D eigenvalue weighted by Crippen LogP contribution is 2.24. The van der Waals surface area contributed by atoms with Crippen LogP contribution in [0.5, 0.6) is 11.5 Å². The van der Waals surface area contributed by atoms with Crippen LogP contribution in [-0.2, 0) is 16.6 Å². The van der Waals surface area contributed by atoms with Crippen molar-refractivity contribution >= 4 is 21.6 Å². The third-order valence-corrected chi connectivity index (χ3v) is 5.41. The summed E-state index contributed by atoms with van der Waals surface area (Å²) in [5, 5.41) is 7.83. The van der Waals surface area contributed by atoms with Gasteiger partial charge in [0, 0.05) is 16.8 Å². The molecule has 31 heavy (non-hydrogen) atoms. The molecule has 0 saturated heterocycles. The predicted molar refractivity (Wildman–Crippen MR) is 119 cm³/mol. The second-order valence-electron chi connectivity index (χ2n) is 6.88. The number of carbonyl (C=O) groups excluding carboxylic acids is 1. The third kappa shape index (κ3) is 6.07. The van der Waals surface area contributed by atoms with E-state index in [1.54, 1.807) is 18.2 Å². The Kier molecular flexibility index (Phi) is 6.94. The van der Waals surface area contributed by atoms with Crippen LogP contribution in [-0.4, -0.2) is 20.9 Å². The van der Waals surface area contributed by atoms with E-state index < -0.39 is 10.0 Å². The van der Waals surface area contributed by atoms with Crippen molar-refractivity contribution in [1.82, 2.24) is 0 Å². The number of primary sulfonamides is 1. The van der Waals surface area contributed by atoms with Crippen molar-refractivity contribution in [3.05, 3.63) is 83.4 Å². The minimum atomic E-state index is -3.79. The molecule has 0 fully saturated rings. The molecule has 0 aliphatic heterocycles. The average Bonchev–Trinajstić information content (AvgIpc) is 2.74. The summed E-state index contributed by atoms with van der Waals surface area (Å²) in [5.74, 6) is 1.02. The maximum Gasteiger partial charge on any atom is 0.255 e. The number of benzene rings is 3. The fraction of sp³-hybridized carbons (Fsp3) is 0.174. The van der Waals surface area contributed by atoms with E-state index in [0.29, 0.717) is 23.6 Å². The first-order valence-corrected chi connectivity index (χ1v) is 11.2. The number of hydrogen-bond donors (Lipinski definition) is 2. The molecule has 0 radical (unpaired) electrons. The van der Waals surface area contributed by atoms with Gasteiger partial charge in [0.15, 0.2) is 0 Å². The molecule has 3 N–H and O–H groups in total. The lowest BCUT2D eigenvalue weighted by Crippen LogP contribution is -2.14. The van der Waals surface area contributed by atoms with Crippen molar-refractivity contribution in [1.29, 1.82) is 0 Å². The molecule has 0 spiro atoms. The van der Waals surface area contributed by atoms with E-state index in [1.165, 1.54) is 24.3 Å². The maximum atomic E-state index is 12.7. The largest absolute Gasteiger partial charge is 0.493 e. The fourth-order valence-corrected chi connectivity index (χ4v) is 3.37. The summed E-state index contributed by atoms with van der Waals surface area (Å²) in [4.78, 5) is 12.7. The van der Waals surface area contributed by atoms with Gasteiger partial charge in [-0.3, -0.25) is 4.79 Å². The van der Waals surface area contributed by atoms with Gasteiger partial charge in [-0.15, -0.1) is 0 Å². The first-order valence-electron chi connectivity index (χ1n) is 9.65. The Morgan fingerprint density at radius 1 is 0.968 bits per heavy atom. The summed E-state index contributed by atoms with van der Waals surface area (Å²) in [6, 6.07) is 18.4. The molecule has 7 nitrogen and oxygen atoms in total. The lowest BCUT2D eigenvalue weighted by molar-refractivity contribution is 0.102. The number of hydrogen-bond acceptors (Lipinski definition) is 5. The molecule has 0 aromatic heterocycles. The van der Waals surface area contributed by atoms with Crippen LogP contribution < -0.4 is 19.9 Å². The number of sulfonamides is 1. The van der Waals surface area contributed by atoms with E-state index in [9.17, 15) is 13.2 Å². The number of amides is 1. The van der Waals surface area contributed by atoms with Gasteiger partial charge < -0.3 is 14.8 Å². The van der Waals surface area contributed by atoms with Crippen molar-refractivity contribution in [2.45, 2.75) is 25.3 Å². The quantitative estimate of drug-likeness (QED) is 0.553. The standard InChI is InChI=1S/C23H24N2O5S/c1-3-29-22-13-6-17(14-18(22)15-30-20-9-4-16(2)5-10-20)23(26)25-19-7-11-21(12-8-19)31(24,27)28/h4-14H,3,15H2,1-2H3,(H,25,26)(H2,24,27,28). The van der Waals surface area contributed by atoms with Crippen LogP contribution in [0.2, 0.25) is 0 Å².